The number of amides is 3. The Bertz CT molecular complexity index is 459. The summed E-state index contributed by atoms with van der Waals surface area (Å²) in [4.78, 5) is 30.4. The standard InChI is InChI=1S/C10H15N4O4/c1-12-5-11-8-7(12)9(17)14(3-6(16)4-15)10(18)13(8)2/h5-7,15-16H,3-4H2,1-2H3/q+1. The Balaban J connectivity index is 2.27. The minimum absolute atomic E-state index is 0.226. The molecule has 2 unspecified atom stereocenters. The van der Waals surface area contributed by atoms with E-state index in [1.165, 1.54) is 18.3 Å². The fourth-order valence-corrected chi connectivity index (χ4v) is 1.98. The normalized spacial score (nSPS) is 25.0. The average molecular weight is 255 g/mol. The van der Waals surface area contributed by atoms with E-state index in [-0.39, 0.29) is 6.54 Å². The molecule has 18 heavy (non-hydrogen) atoms. The van der Waals surface area contributed by atoms with E-state index >= 15 is 0 Å². The number of amidine groups is 1. The number of carbonyl (C=O) groups is 2. The van der Waals surface area contributed by atoms with Crippen molar-refractivity contribution in [3.63, 3.8) is 0 Å². The van der Waals surface area contributed by atoms with Crippen molar-refractivity contribution in [2.45, 2.75) is 12.1 Å². The molecule has 0 spiro atoms. The third kappa shape index (κ3) is 1.79. The zero-order valence-electron chi connectivity index (χ0n) is 10.1. The molecule has 0 bridgehead atoms. The van der Waals surface area contributed by atoms with Crippen molar-refractivity contribution in [3.8, 4) is 0 Å². The number of nitrogens with zero attached hydrogens (tertiary/aromatic N) is 4. The number of likely N-dealkylation sites (N-methyl/N-ethyl adjacent to an activating group) is 2. The van der Waals surface area contributed by atoms with E-state index in [4.69, 9.17) is 5.11 Å². The van der Waals surface area contributed by atoms with Gasteiger partial charge < -0.3 is 10.2 Å². The molecule has 0 aromatic rings. The Morgan fingerprint density at radius 2 is 2.22 bits per heavy atom. The van der Waals surface area contributed by atoms with Crippen molar-refractivity contribution in [2.75, 3.05) is 27.2 Å². The van der Waals surface area contributed by atoms with Gasteiger partial charge in [-0.05, 0) is 4.99 Å². The number of aliphatic hydroxyl groups is 2. The van der Waals surface area contributed by atoms with Gasteiger partial charge in [0.2, 0.25) is 0 Å². The highest BCUT2D eigenvalue weighted by molar-refractivity contribution is 6.21. The second-order valence-corrected chi connectivity index (χ2v) is 4.30. The summed E-state index contributed by atoms with van der Waals surface area (Å²) < 4.78 is 1.60. The largest absolute Gasteiger partial charge is 0.394 e. The molecule has 98 valence electrons. The molecule has 3 amide bonds. The summed E-state index contributed by atoms with van der Waals surface area (Å²) in [5.74, 6) is -0.0668. The molecule has 0 radical (unpaired) electrons. The van der Waals surface area contributed by atoms with Crippen molar-refractivity contribution in [1.29, 1.82) is 0 Å². The lowest BCUT2D eigenvalue weighted by Crippen LogP contribution is -2.63. The number of fused-ring (bicyclic) bond motifs is 1. The zero-order valence-corrected chi connectivity index (χ0v) is 10.1. The number of aliphatic hydroxyl groups excluding tert-OH is 2. The lowest BCUT2D eigenvalue weighted by molar-refractivity contribution is -0.501. The topological polar surface area (TPSA) is 96.5 Å². The molecular formula is C10H15N4O4+. The van der Waals surface area contributed by atoms with Gasteiger partial charge in [-0.1, -0.05) is 0 Å². The number of carbonyl (C=O) groups excluding carboxylic acids is 2. The number of urea groups is 1. The first kappa shape index (κ1) is 12.7. The molecule has 0 saturated carbocycles. The summed E-state index contributed by atoms with van der Waals surface area (Å²) in [7, 11) is 3.20. The number of β-amino-alcohol motifs (C(OH)–C–C–N with tert-alkyl or cyclic N) is 1. The van der Waals surface area contributed by atoms with Gasteiger partial charge in [-0.3, -0.25) is 14.6 Å². The third-order valence-electron chi connectivity index (χ3n) is 2.99. The predicted molar refractivity (Wildman–Crippen MR) is 61.4 cm³/mol. The molecule has 8 heteroatoms. The molecule has 8 nitrogen and oxygen atoms in total. The smallest absolute Gasteiger partial charge is 0.333 e. The Morgan fingerprint density at radius 3 is 2.83 bits per heavy atom. The average Bonchev–Trinajstić information content (AvgIpc) is 2.74. The maximum absolute atomic E-state index is 12.2. The summed E-state index contributed by atoms with van der Waals surface area (Å²) in [5.41, 5.74) is 0. The molecule has 0 aromatic carbocycles. The molecule has 0 aromatic heterocycles. The Morgan fingerprint density at radius 1 is 1.56 bits per heavy atom. The summed E-state index contributed by atoms with van der Waals surface area (Å²) in [6.07, 6.45) is 0.341. The quantitative estimate of drug-likeness (QED) is 0.553. The van der Waals surface area contributed by atoms with E-state index in [9.17, 15) is 14.7 Å². The Hall–Kier alpha value is -1.80. The van der Waals surface area contributed by atoms with Crippen LogP contribution in [0.3, 0.4) is 0 Å². The van der Waals surface area contributed by atoms with Crippen LogP contribution in [0.1, 0.15) is 0 Å². The lowest BCUT2D eigenvalue weighted by atomic mass is 10.1. The van der Waals surface area contributed by atoms with Crippen LogP contribution < -0.4 is 0 Å². The summed E-state index contributed by atoms with van der Waals surface area (Å²) in [6.45, 7) is -0.732. The molecular weight excluding hydrogens is 240 g/mol. The van der Waals surface area contributed by atoms with Gasteiger partial charge in [0.25, 0.3) is 24.1 Å². The fourth-order valence-electron chi connectivity index (χ4n) is 1.98. The van der Waals surface area contributed by atoms with Crippen LogP contribution in [0.4, 0.5) is 4.79 Å². The van der Waals surface area contributed by atoms with Crippen LogP contribution in [0.5, 0.6) is 0 Å². The van der Waals surface area contributed by atoms with Crippen LogP contribution in [0.2, 0.25) is 0 Å². The minimum atomic E-state index is -1.14. The van der Waals surface area contributed by atoms with Crippen LogP contribution >= 0.6 is 0 Å². The van der Waals surface area contributed by atoms with Crippen LogP contribution in [0, 0.1) is 0 Å². The number of imide groups is 1. The molecule has 2 aliphatic rings. The lowest BCUT2D eigenvalue weighted by Gasteiger charge is -2.33. The summed E-state index contributed by atoms with van der Waals surface area (Å²) in [6, 6.07) is -1.19. The van der Waals surface area contributed by atoms with E-state index in [0.29, 0.717) is 5.84 Å². The number of rotatable bonds is 3. The first-order valence-corrected chi connectivity index (χ1v) is 5.48. The van der Waals surface area contributed by atoms with Crippen LogP contribution in [0.25, 0.3) is 0 Å². The van der Waals surface area contributed by atoms with E-state index in [1.807, 2.05) is 0 Å². The second-order valence-electron chi connectivity index (χ2n) is 4.30. The van der Waals surface area contributed by atoms with Crippen molar-refractivity contribution >= 4 is 24.1 Å². The highest BCUT2D eigenvalue weighted by Crippen LogP contribution is 2.17. The van der Waals surface area contributed by atoms with E-state index in [1.54, 1.807) is 11.6 Å². The summed E-state index contributed by atoms with van der Waals surface area (Å²) in [5, 5.41) is 18.2. The van der Waals surface area contributed by atoms with Crippen molar-refractivity contribution in [1.82, 2.24) is 9.80 Å². The van der Waals surface area contributed by atoms with Gasteiger partial charge in [0.15, 0.2) is 0 Å². The van der Waals surface area contributed by atoms with Crippen molar-refractivity contribution < 1.29 is 24.4 Å². The molecule has 1 saturated heterocycles. The van der Waals surface area contributed by atoms with Crippen LogP contribution in [-0.4, -0.2) is 88.1 Å². The predicted octanol–water partition coefficient (Wildman–Crippen LogP) is -2.32. The molecule has 2 N–H and O–H groups in total. The van der Waals surface area contributed by atoms with E-state index < -0.39 is 30.7 Å². The second kappa shape index (κ2) is 4.46. The van der Waals surface area contributed by atoms with Crippen molar-refractivity contribution in [3.05, 3.63) is 0 Å². The van der Waals surface area contributed by atoms with Gasteiger partial charge in [0.05, 0.1) is 26.3 Å². The minimum Gasteiger partial charge on any atom is -0.394 e. The van der Waals surface area contributed by atoms with E-state index in [2.05, 4.69) is 4.99 Å². The number of aliphatic imine (C=N–C) groups is 1. The maximum Gasteiger partial charge on any atom is 0.333 e. The number of hydrogen-bond donors (Lipinski definition) is 2. The zero-order chi connectivity index (χ0) is 13.4. The molecule has 2 heterocycles. The van der Waals surface area contributed by atoms with Gasteiger partial charge in [-0.25, -0.2) is 9.37 Å². The molecule has 2 aliphatic heterocycles. The first-order chi connectivity index (χ1) is 8.47. The monoisotopic (exact) mass is 255 g/mol. The number of hydrogen-bond acceptors (Lipinski definition) is 5. The highest BCUT2D eigenvalue weighted by Gasteiger charge is 2.50. The van der Waals surface area contributed by atoms with Crippen LogP contribution in [0.15, 0.2) is 4.99 Å². The SMILES string of the molecule is CN1C(=O)N(CC(O)CO)C(=O)C2C1=NC=[N+]2C. The van der Waals surface area contributed by atoms with Crippen molar-refractivity contribution in [2.24, 2.45) is 4.99 Å². The van der Waals surface area contributed by atoms with Gasteiger partial charge in [0.1, 0.15) is 0 Å². The Kier molecular flexibility index (Phi) is 3.14. The molecule has 1 fully saturated rings. The van der Waals surface area contributed by atoms with Crippen LogP contribution in [-0.2, 0) is 4.79 Å². The highest BCUT2D eigenvalue weighted by atomic mass is 16.3. The fraction of sp³-hybridized carbons (Fsp3) is 0.600. The van der Waals surface area contributed by atoms with Gasteiger partial charge in [-0.15, -0.1) is 0 Å². The molecule has 2 atom stereocenters. The molecule has 0 aliphatic carbocycles. The summed E-state index contributed by atoms with van der Waals surface area (Å²) >= 11 is 0. The van der Waals surface area contributed by atoms with Gasteiger partial charge in [-0.2, -0.15) is 0 Å². The van der Waals surface area contributed by atoms with Gasteiger partial charge >= 0.3 is 6.03 Å². The Labute approximate surface area is 103 Å². The first-order valence-electron chi connectivity index (χ1n) is 5.48. The van der Waals surface area contributed by atoms with E-state index in [0.717, 1.165) is 4.90 Å². The molecule has 2 rings (SSSR count). The maximum atomic E-state index is 12.2. The van der Waals surface area contributed by atoms with Gasteiger partial charge in [0, 0.05) is 7.05 Å². The third-order valence-corrected chi connectivity index (χ3v) is 2.99.